The number of benzene rings is 2. The molecule has 0 atom stereocenters. The summed E-state index contributed by atoms with van der Waals surface area (Å²) in [5.74, 6) is 1.03. The summed E-state index contributed by atoms with van der Waals surface area (Å²) in [5.41, 5.74) is 6.04. The van der Waals surface area contributed by atoms with Gasteiger partial charge in [0.1, 0.15) is 0 Å². The molecular weight excluding hydrogens is 320 g/mol. The molecule has 3 heterocycles. The Kier molecular flexibility index (Phi) is 2.91. The maximum atomic E-state index is 6.17. The summed E-state index contributed by atoms with van der Waals surface area (Å²) in [6.07, 6.45) is 0.999. The molecule has 1 aliphatic rings. The Morgan fingerprint density at radius 2 is 2.04 bits per heavy atom. The summed E-state index contributed by atoms with van der Waals surface area (Å²) in [5, 5.41) is 2.05. The number of aryl methyl sites for hydroxylation is 1. The summed E-state index contributed by atoms with van der Waals surface area (Å²) in [4.78, 5) is 10.7. The number of anilines is 1. The zero-order chi connectivity index (χ0) is 16.3. The van der Waals surface area contributed by atoms with Gasteiger partial charge in [-0.2, -0.15) is 0 Å². The Morgan fingerprint density at radius 3 is 2.92 bits per heavy atom. The van der Waals surface area contributed by atoms with Gasteiger partial charge < -0.3 is 14.5 Å². The van der Waals surface area contributed by atoms with Crippen molar-refractivity contribution in [1.29, 1.82) is 0 Å². The van der Waals surface area contributed by atoms with Gasteiger partial charge in [0.25, 0.3) is 0 Å². The normalized spacial score (nSPS) is 14.5. The minimum absolute atomic E-state index is 0.794. The second kappa shape index (κ2) is 5.02. The lowest BCUT2D eigenvalue weighted by Gasteiger charge is -2.28. The number of nitrogens with zero attached hydrogens (tertiary/aromatic N) is 3. The molecule has 1 aliphatic heterocycles. The van der Waals surface area contributed by atoms with E-state index in [1.165, 1.54) is 22.2 Å². The number of fused-ring (bicyclic) bond motifs is 4. The molecule has 2 aromatic heterocycles. The third-order valence-electron chi connectivity index (χ3n) is 4.98. The van der Waals surface area contributed by atoms with E-state index in [-0.39, 0.29) is 0 Å². The van der Waals surface area contributed by atoms with Gasteiger partial charge in [0.15, 0.2) is 0 Å². The standard InChI is InChI=1S/C19H17ClN4/c1-23-18-5-3-2-4-16(18)22-19(23)24-9-8-13-14-10-12(20)6-7-15(14)21-17(13)11-24/h2-7,10,21H,8-9,11H2,1H3. The molecule has 0 fully saturated rings. The highest BCUT2D eigenvalue weighted by Gasteiger charge is 2.23. The van der Waals surface area contributed by atoms with Crippen LogP contribution in [-0.2, 0) is 20.0 Å². The highest BCUT2D eigenvalue weighted by atomic mass is 35.5. The van der Waals surface area contributed by atoms with Crippen molar-refractivity contribution in [3.8, 4) is 0 Å². The van der Waals surface area contributed by atoms with Crippen molar-refractivity contribution in [3.05, 3.63) is 58.7 Å². The first-order chi connectivity index (χ1) is 11.7. The molecule has 0 aliphatic carbocycles. The predicted molar refractivity (Wildman–Crippen MR) is 98.8 cm³/mol. The van der Waals surface area contributed by atoms with Crippen LogP contribution in [0, 0.1) is 0 Å². The zero-order valence-electron chi connectivity index (χ0n) is 13.4. The smallest absolute Gasteiger partial charge is 0.206 e. The summed E-state index contributed by atoms with van der Waals surface area (Å²) in [6.45, 7) is 1.81. The number of para-hydroxylation sites is 2. The number of imidazole rings is 1. The van der Waals surface area contributed by atoms with Crippen molar-refractivity contribution < 1.29 is 0 Å². The number of aromatic nitrogens is 3. The lowest BCUT2D eigenvalue weighted by atomic mass is 10.0. The van der Waals surface area contributed by atoms with Crippen LogP contribution in [0.5, 0.6) is 0 Å². The van der Waals surface area contributed by atoms with Crippen molar-refractivity contribution >= 4 is 39.5 Å². The number of halogens is 1. The third-order valence-corrected chi connectivity index (χ3v) is 5.22. The van der Waals surface area contributed by atoms with E-state index in [0.29, 0.717) is 0 Å². The summed E-state index contributed by atoms with van der Waals surface area (Å²) in [6, 6.07) is 14.4. The average Bonchev–Trinajstić information content (AvgIpc) is 3.12. The fourth-order valence-corrected chi connectivity index (χ4v) is 3.97. The molecule has 1 N–H and O–H groups in total. The van der Waals surface area contributed by atoms with E-state index in [1.807, 2.05) is 12.1 Å². The Balaban J connectivity index is 1.58. The van der Waals surface area contributed by atoms with Crippen molar-refractivity contribution in [2.45, 2.75) is 13.0 Å². The average molecular weight is 337 g/mol. The van der Waals surface area contributed by atoms with E-state index < -0.39 is 0 Å². The van der Waals surface area contributed by atoms with Crippen LogP contribution in [-0.4, -0.2) is 21.1 Å². The number of hydrogen-bond acceptors (Lipinski definition) is 2. The van der Waals surface area contributed by atoms with Crippen LogP contribution in [0.1, 0.15) is 11.3 Å². The first-order valence-corrected chi connectivity index (χ1v) is 8.54. The number of nitrogens with one attached hydrogen (secondary N) is 1. The highest BCUT2D eigenvalue weighted by Crippen LogP contribution is 2.32. The van der Waals surface area contributed by atoms with Gasteiger partial charge in [-0.05, 0) is 42.3 Å². The number of aromatic amines is 1. The maximum absolute atomic E-state index is 6.17. The van der Waals surface area contributed by atoms with E-state index in [4.69, 9.17) is 16.6 Å². The third kappa shape index (κ3) is 1.96. The molecule has 5 rings (SSSR count). The van der Waals surface area contributed by atoms with Gasteiger partial charge in [0.05, 0.1) is 17.6 Å². The van der Waals surface area contributed by atoms with Gasteiger partial charge in [-0.25, -0.2) is 4.98 Å². The summed E-state index contributed by atoms with van der Waals surface area (Å²) < 4.78 is 2.18. The van der Waals surface area contributed by atoms with Crippen molar-refractivity contribution in [1.82, 2.24) is 14.5 Å². The van der Waals surface area contributed by atoms with Gasteiger partial charge >= 0.3 is 0 Å². The van der Waals surface area contributed by atoms with Crippen molar-refractivity contribution in [3.63, 3.8) is 0 Å². The van der Waals surface area contributed by atoms with E-state index in [1.54, 1.807) is 0 Å². The van der Waals surface area contributed by atoms with Crippen molar-refractivity contribution in [2.75, 3.05) is 11.4 Å². The predicted octanol–water partition coefficient (Wildman–Crippen LogP) is 4.27. The molecule has 4 aromatic rings. The summed E-state index contributed by atoms with van der Waals surface area (Å²) in [7, 11) is 2.09. The minimum atomic E-state index is 0.794. The Labute approximate surface area is 144 Å². The first kappa shape index (κ1) is 13.9. The molecule has 2 aromatic carbocycles. The van der Waals surface area contributed by atoms with Crippen molar-refractivity contribution in [2.24, 2.45) is 7.05 Å². The topological polar surface area (TPSA) is 36.9 Å². The molecule has 0 saturated carbocycles. The van der Waals surface area contributed by atoms with Crippen LogP contribution >= 0.6 is 11.6 Å². The number of rotatable bonds is 1. The monoisotopic (exact) mass is 336 g/mol. The molecule has 0 radical (unpaired) electrons. The van der Waals surface area contributed by atoms with Crippen LogP contribution in [0.15, 0.2) is 42.5 Å². The molecule has 24 heavy (non-hydrogen) atoms. The van der Waals surface area contributed by atoms with Gasteiger partial charge in [0.2, 0.25) is 5.95 Å². The largest absolute Gasteiger partial charge is 0.357 e. The Bertz CT molecular complexity index is 1080. The van der Waals surface area contributed by atoms with E-state index >= 15 is 0 Å². The molecule has 0 unspecified atom stereocenters. The lowest BCUT2D eigenvalue weighted by molar-refractivity contribution is 0.686. The van der Waals surface area contributed by atoms with Crippen LogP contribution in [0.4, 0.5) is 5.95 Å². The quantitative estimate of drug-likeness (QED) is 0.563. The van der Waals surface area contributed by atoms with Crippen LogP contribution in [0.25, 0.3) is 21.9 Å². The number of H-pyrrole nitrogens is 1. The van der Waals surface area contributed by atoms with Gasteiger partial charge in [-0.15, -0.1) is 0 Å². The molecule has 0 spiro atoms. The molecule has 0 saturated heterocycles. The lowest BCUT2D eigenvalue weighted by Crippen LogP contribution is -2.32. The van der Waals surface area contributed by atoms with Crippen LogP contribution in [0.3, 0.4) is 0 Å². The second-order valence-electron chi connectivity index (χ2n) is 6.40. The minimum Gasteiger partial charge on any atom is -0.357 e. The SMILES string of the molecule is Cn1c(N2CCc3c([nH]c4ccc(Cl)cc34)C2)nc2ccccc21. The van der Waals surface area contributed by atoms with E-state index in [0.717, 1.165) is 41.5 Å². The molecule has 4 nitrogen and oxygen atoms in total. The Hall–Kier alpha value is -2.46. The zero-order valence-corrected chi connectivity index (χ0v) is 14.1. The highest BCUT2D eigenvalue weighted by molar-refractivity contribution is 6.31. The molecular formula is C19H17ClN4. The fourth-order valence-electron chi connectivity index (χ4n) is 3.80. The number of hydrogen-bond donors (Lipinski definition) is 1. The molecule has 5 heteroatoms. The molecule has 0 amide bonds. The molecule has 120 valence electrons. The molecule has 0 bridgehead atoms. The van der Waals surface area contributed by atoms with Gasteiger partial charge in [-0.1, -0.05) is 23.7 Å². The second-order valence-corrected chi connectivity index (χ2v) is 6.84. The summed E-state index contributed by atoms with van der Waals surface area (Å²) >= 11 is 6.17. The van der Waals surface area contributed by atoms with Gasteiger partial charge in [0, 0.05) is 35.2 Å². The maximum Gasteiger partial charge on any atom is 0.206 e. The first-order valence-electron chi connectivity index (χ1n) is 8.16. The Morgan fingerprint density at radius 1 is 1.17 bits per heavy atom. The van der Waals surface area contributed by atoms with Crippen LogP contribution in [0.2, 0.25) is 5.02 Å². The van der Waals surface area contributed by atoms with E-state index in [9.17, 15) is 0 Å². The van der Waals surface area contributed by atoms with E-state index in [2.05, 4.69) is 51.8 Å². The fraction of sp³-hybridized carbons (Fsp3) is 0.211. The van der Waals surface area contributed by atoms with Crippen LogP contribution < -0.4 is 4.90 Å². The van der Waals surface area contributed by atoms with Gasteiger partial charge in [-0.3, -0.25) is 0 Å².